The SMILES string of the molecule is CC(C)C[C@H](NC(=O)[C@@H]1CCCC[C@@H]1NC(=O)OC(C)(C)C)C(=O)c1nn(CC2CC2)c(=O)o1. The van der Waals surface area contributed by atoms with E-state index in [2.05, 4.69) is 15.7 Å². The van der Waals surface area contributed by atoms with Gasteiger partial charge in [0.25, 0.3) is 5.89 Å². The van der Waals surface area contributed by atoms with Crippen LogP contribution in [0.1, 0.15) is 90.2 Å². The number of amides is 2. The van der Waals surface area contributed by atoms with Crippen LogP contribution in [-0.4, -0.2) is 45.2 Å². The second kappa shape index (κ2) is 10.7. The standard InChI is InChI=1S/C24H38N4O6/c1-14(2)12-18(19(29)21-27-28(23(32)33-21)13-15-10-11-15)25-20(30)16-8-6-7-9-17(16)26-22(31)34-24(3,4)5/h14-18H,6-13H2,1-5H3,(H,25,30)(H,26,31)/t16-,17+,18+/m1/s1. The number of alkyl carbamates (subject to hydrolysis) is 1. The molecule has 0 saturated heterocycles. The van der Waals surface area contributed by atoms with E-state index in [4.69, 9.17) is 9.15 Å². The van der Waals surface area contributed by atoms with Crippen molar-refractivity contribution in [3.05, 3.63) is 16.4 Å². The van der Waals surface area contributed by atoms with Crippen molar-refractivity contribution in [3.63, 3.8) is 0 Å². The molecule has 0 bridgehead atoms. The van der Waals surface area contributed by atoms with Crippen LogP contribution in [0, 0.1) is 17.8 Å². The number of nitrogens with one attached hydrogen (secondary N) is 2. The van der Waals surface area contributed by atoms with Crippen LogP contribution >= 0.6 is 0 Å². The van der Waals surface area contributed by atoms with Gasteiger partial charge in [-0.05, 0) is 64.7 Å². The molecule has 2 saturated carbocycles. The van der Waals surface area contributed by atoms with Gasteiger partial charge in [-0.15, -0.1) is 5.10 Å². The highest BCUT2D eigenvalue weighted by Gasteiger charge is 2.36. The van der Waals surface area contributed by atoms with Gasteiger partial charge in [-0.25, -0.2) is 9.59 Å². The summed E-state index contributed by atoms with van der Waals surface area (Å²) >= 11 is 0. The lowest BCUT2D eigenvalue weighted by atomic mass is 9.83. The lowest BCUT2D eigenvalue weighted by molar-refractivity contribution is -0.127. The van der Waals surface area contributed by atoms with Crippen LogP contribution in [0.2, 0.25) is 0 Å². The molecule has 2 fully saturated rings. The maximum atomic E-state index is 13.3. The van der Waals surface area contributed by atoms with E-state index in [1.165, 1.54) is 4.68 Å². The summed E-state index contributed by atoms with van der Waals surface area (Å²) in [7, 11) is 0. The van der Waals surface area contributed by atoms with E-state index in [0.29, 0.717) is 31.7 Å². The second-order valence-electron chi connectivity index (χ2n) is 11.0. The van der Waals surface area contributed by atoms with Crippen molar-refractivity contribution in [1.29, 1.82) is 0 Å². The summed E-state index contributed by atoms with van der Waals surface area (Å²) in [5.41, 5.74) is -0.641. The van der Waals surface area contributed by atoms with Crippen LogP contribution in [0.25, 0.3) is 0 Å². The Morgan fingerprint density at radius 2 is 1.82 bits per heavy atom. The molecule has 34 heavy (non-hydrogen) atoms. The van der Waals surface area contributed by atoms with Crippen molar-refractivity contribution in [2.45, 2.75) is 104 Å². The molecule has 0 spiro atoms. The number of Topliss-reactive ketones (excluding diaryl/α,β-unsaturated/α-hetero) is 1. The van der Waals surface area contributed by atoms with Crippen LogP contribution in [0.4, 0.5) is 4.79 Å². The lowest BCUT2D eigenvalue weighted by Crippen LogP contribution is -2.52. The molecular weight excluding hydrogens is 440 g/mol. The number of ketones is 1. The Balaban J connectivity index is 1.70. The summed E-state index contributed by atoms with van der Waals surface area (Å²) in [5.74, 6) is -1.72. The Hall–Kier alpha value is -2.65. The van der Waals surface area contributed by atoms with Gasteiger partial charge in [-0.3, -0.25) is 9.59 Å². The molecule has 2 aliphatic rings. The Morgan fingerprint density at radius 3 is 2.44 bits per heavy atom. The number of rotatable bonds is 9. The fraction of sp³-hybridized carbons (Fsp3) is 0.792. The summed E-state index contributed by atoms with van der Waals surface area (Å²) in [6.07, 6.45) is 4.88. The van der Waals surface area contributed by atoms with Crippen LogP contribution in [0.3, 0.4) is 0 Å². The normalized spacial score (nSPS) is 21.7. The molecule has 0 aromatic carbocycles. The highest BCUT2D eigenvalue weighted by Crippen LogP contribution is 2.30. The van der Waals surface area contributed by atoms with Gasteiger partial charge in [0.15, 0.2) is 0 Å². The van der Waals surface area contributed by atoms with Crippen LogP contribution in [0.5, 0.6) is 0 Å². The average Bonchev–Trinajstić information content (AvgIpc) is 3.46. The topological polar surface area (TPSA) is 133 Å². The summed E-state index contributed by atoms with van der Waals surface area (Å²) in [4.78, 5) is 50.8. The molecule has 0 radical (unpaired) electrons. The summed E-state index contributed by atoms with van der Waals surface area (Å²) < 4.78 is 11.7. The Morgan fingerprint density at radius 1 is 1.15 bits per heavy atom. The maximum Gasteiger partial charge on any atom is 0.437 e. The van der Waals surface area contributed by atoms with Crippen molar-refractivity contribution in [1.82, 2.24) is 20.4 Å². The minimum absolute atomic E-state index is 0.108. The van der Waals surface area contributed by atoms with Crippen molar-refractivity contribution in [2.75, 3.05) is 0 Å². The van der Waals surface area contributed by atoms with Gasteiger partial charge in [-0.2, -0.15) is 4.68 Å². The molecule has 10 heteroatoms. The summed E-state index contributed by atoms with van der Waals surface area (Å²) in [5, 5.41) is 9.78. The first-order valence-corrected chi connectivity index (χ1v) is 12.3. The molecule has 1 heterocycles. The highest BCUT2D eigenvalue weighted by molar-refractivity contribution is 5.98. The average molecular weight is 479 g/mol. The fourth-order valence-corrected chi connectivity index (χ4v) is 4.27. The number of carbonyl (C=O) groups excluding carboxylic acids is 3. The molecule has 1 aromatic rings. The quantitative estimate of drug-likeness (QED) is 0.521. The zero-order chi connectivity index (χ0) is 25.0. The number of ether oxygens (including phenoxy) is 1. The van der Waals surface area contributed by atoms with Crippen molar-refractivity contribution in [2.24, 2.45) is 17.8 Å². The van der Waals surface area contributed by atoms with Gasteiger partial charge in [0.05, 0.1) is 18.5 Å². The van der Waals surface area contributed by atoms with Crippen LogP contribution < -0.4 is 16.4 Å². The number of carbonyl (C=O) groups is 3. The first kappa shape index (κ1) is 26.0. The molecule has 2 amide bonds. The molecule has 2 aliphatic carbocycles. The van der Waals surface area contributed by atoms with Gasteiger partial charge in [0, 0.05) is 6.04 Å². The van der Waals surface area contributed by atoms with Crippen molar-refractivity contribution >= 4 is 17.8 Å². The van der Waals surface area contributed by atoms with Crippen LogP contribution in [-0.2, 0) is 16.1 Å². The lowest BCUT2D eigenvalue weighted by Gasteiger charge is -2.33. The molecular formula is C24H38N4O6. The molecule has 1 aromatic heterocycles. The molecule has 3 rings (SSSR count). The first-order valence-electron chi connectivity index (χ1n) is 12.3. The first-order chi connectivity index (χ1) is 15.9. The minimum atomic E-state index is -0.871. The fourth-order valence-electron chi connectivity index (χ4n) is 4.27. The molecule has 190 valence electrons. The zero-order valence-corrected chi connectivity index (χ0v) is 20.9. The number of nitrogens with zero attached hydrogens (tertiary/aromatic N) is 2. The molecule has 3 atom stereocenters. The van der Waals surface area contributed by atoms with Gasteiger partial charge >= 0.3 is 11.8 Å². The third kappa shape index (κ3) is 7.43. The summed E-state index contributed by atoms with van der Waals surface area (Å²) in [6, 6.07) is -1.25. The van der Waals surface area contributed by atoms with E-state index in [0.717, 1.165) is 25.7 Å². The van der Waals surface area contributed by atoms with Gasteiger partial charge < -0.3 is 19.8 Å². The van der Waals surface area contributed by atoms with Gasteiger partial charge in [-0.1, -0.05) is 26.7 Å². The smallest absolute Gasteiger partial charge is 0.437 e. The second-order valence-corrected chi connectivity index (χ2v) is 11.0. The predicted octanol–water partition coefficient (Wildman–Crippen LogP) is 3.04. The minimum Gasteiger partial charge on any atom is -0.444 e. The molecule has 0 aliphatic heterocycles. The monoisotopic (exact) mass is 478 g/mol. The van der Waals surface area contributed by atoms with E-state index in [-0.39, 0.29) is 23.8 Å². The van der Waals surface area contributed by atoms with Gasteiger partial charge in [0.1, 0.15) is 5.60 Å². The van der Waals surface area contributed by atoms with E-state index >= 15 is 0 Å². The number of aromatic nitrogens is 2. The molecule has 0 unspecified atom stereocenters. The molecule has 2 N–H and O–H groups in total. The van der Waals surface area contributed by atoms with E-state index < -0.39 is 35.2 Å². The van der Waals surface area contributed by atoms with E-state index in [1.807, 2.05) is 13.8 Å². The Kier molecular flexibility index (Phi) is 8.20. The maximum absolute atomic E-state index is 13.3. The Labute approximate surface area is 200 Å². The third-order valence-corrected chi connectivity index (χ3v) is 6.09. The highest BCUT2D eigenvalue weighted by atomic mass is 16.6. The summed E-state index contributed by atoms with van der Waals surface area (Å²) in [6.45, 7) is 9.68. The number of hydrogen-bond acceptors (Lipinski definition) is 7. The predicted molar refractivity (Wildman–Crippen MR) is 124 cm³/mol. The van der Waals surface area contributed by atoms with E-state index in [9.17, 15) is 19.2 Å². The van der Waals surface area contributed by atoms with E-state index in [1.54, 1.807) is 20.8 Å². The zero-order valence-electron chi connectivity index (χ0n) is 20.9. The Bertz CT molecular complexity index is 940. The van der Waals surface area contributed by atoms with Gasteiger partial charge in [0.2, 0.25) is 11.7 Å². The number of hydrogen-bond donors (Lipinski definition) is 2. The van der Waals surface area contributed by atoms with Crippen molar-refractivity contribution < 1.29 is 23.5 Å². The third-order valence-electron chi connectivity index (χ3n) is 6.09. The van der Waals surface area contributed by atoms with Crippen LogP contribution in [0.15, 0.2) is 9.21 Å². The largest absolute Gasteiger partial charge is 0.444 e. The van der Waals surface area contributed by atoms with Crippen molar-refractivity contribution in [3.8, 4) is 0 Å². The molecule has 10 nitrogen and oxygen atoms in total.